The Bertz CT molecular complexity index is 3960. The summed E-state index contributed by atoms with van der Waals surface area (Å²) in [6.07, 6.45) is 0. The number of aromatic nitrogens is 4. The molecule has 10 aromatic carbocycles. The van der Waals surface area contributed by atoms with Crippen LogP contribution in [0.2, 0.25) is 0 Å². The van der Waals surface area contributed by atoms with Gasteiger partial charge in [-0.05, 0) is 112 Å². The average molecular weight is 918 g/mol. The van der Waals surface area contributed by atoms with Crippen LogP contribution in [0.4, 0.5) is 34.1 Å². The number of para-hydroxylation sites is 5. The molecule has 2 aliphatic heterocycles. The minimum Gasteiger partial charge on any atom is -0.311 e. The molecule has 0 radical (unpaired) electrons. The van der Waals surface area contributed by atoms with E-state index in [2.05, 4.69) is 184 Å². The molecular formula is C64H40BN7. The van der Waals surface area contributed by atoms with Crippen molar-refractivity contribution >= 4 is 79.0 Å². The van der Waals surface area contributed by atoms with Gasteiger partial charge in [0.1, 0.15) is 6.07 Å². The lowest BCUT2D eigenvalue weighted by atomic mass is 9.33. The number of rotatable bonds is 7. The fourth-order valence-electron chi connectivity index (χ4n) is 11.1. The minimum atomic E-state index is 0.0273. The summed E-state index contributed by atoms with van der Waals surface area (Å²) in [6.45, 7) is 0.0273. The van der Waals surface area contributed by atoms with Gasteiger partial charge in [0.15, 0.2) is 17.5 Å². The fraction of sp³-hybridized carbons (Fsp3) is 0. The van der Waals surface area contributed by atoms with Crippen molar-refractivity contribution in [3.8, 4) is 57.0 Å². The average Bonchev–Trinajstić information content (AvgIpc) is 3.79. The molecule has 2 aliphatic rings. The number of nitrogens with zero attached hydrogens (tertiary/aromatic N) is 7. The zero-order valence-corrected chi connectivity index (χ0v) is 38.8. The van der Waals surface area contributed by atoms with E-state index in [0.717, 1.165) is 78.1 Å². The molecule has 0 unspecified atom stereocenters. The van der Waals surface area contributed by atoms with Gasteiger partial charge in [0.25, 0.3) is 6.71 Å². The molecule has 0 aliphatic carbocycles. The van der Waals surface area contributed by atoms with E-state index in [0.29, 0.717) is 23.0 Å². The van der Waals surface area contributed by atoms with Crippen LogP contribution < -0.4 is 26.2 Å². The van der Waals surface area contributed by atoms with Gasteiger partial charge < -0.3 is 14.4 Å². The van der Waals surface area contributed by atoms with Crippen LogP contribution in [0.25, 0.3) is 72.8 Å². The Morgan fingerprint density at radius 3 is 1.39 bits per heavy atom. The van der Waals surface area contributed by atoms with Gasteiger partial charge in [-0.2, -0.15) is 5.26 Å². The first-order valence-electron chi connectivity index (χ1n) is 24.2. The zero-order chi connectivity index (χ0) is 47.7. The predicted octanol–water partition coefficient (Wildman–Crippen LogP) is 13.6. The third-order valence-electron chi connectivity index (χ3n) is 14.2. The molecule has 0 N–H and O–H groups in total. The Morgan fingerprint density at radius 2 is 0.819 bits per heavy atom. The smallest absolute Gasteiger partial charge is 0.252 e. The van der Waals surface area contributed by atoms with E-state index in [1.807, 2.05) is 78.9 Å². The van der Waals surface area contributed by atoms with Crippen LogP contribution in [0.5, 0.6) is 0 Å². The Morgan fingerprint density at radius 1 is 0.347 bits per heavy atom. The summed E-state index contributed by atoms with van der Waals surface area (Å²) in [5, 5.41) is 13.2. The van der Waals surface area contributed by atoms with Crippen LogP contribution in [0, 0.1) is 11.3 Å². The molecule has 0 saturated heterocycles. The lowest BCUT2D eigenvalue weighted by Gasteiger charge is -2.44. The number of benzene rings is 10. The second-order valence-electron chi connectivity index (χ2n) is 18.3. The summed E-state index contributed by atoms with van der Waals surface area (Å²) in [4.78, 5) is 19.7. The molecule has 8 heteroatoms. The molecule has 7 nitrogen and oxygen atoms in total. The summed E-state index contributed by atoms with van der Waals surface area (Å²) in [6, 6.07) is 87.7. The summed E-state index contributed by atoms with van der Waals surface area (Å²) in [5.74, 6) is 1.63. The van der Waals surface area contributed by atoms with Crippen molar-refractivity contribution in [1.29, 1.82) is 5.26 Å². The Labute approximate surface area is 416 Å². The highest BCUT2D eigenvalue weighted by Gasteiger charge is 2.43. The topological polar surface area (TPSA) is 73.9 Å². The van der Waals surface area contributed by atoms with Crippen molar-refractivity contribution in [2.45, 2.75) is 0 Å². The summed E-state index contributed by atoms with van der Waals surface area (Å²) >= 11 is 0. The third-order valence-corrected chi connectivity index (χ3v) is 14.2. The first kappa shape index (κ1) is 41.2. The van der Waals surface area contributed by atoms with E-state index in [-0.39, 0.29) is 6.71 Å². The molecule has 0 atom stereocenters. The van der Waals surface area contributed by atoms with E-state index in [1.54, 1.807) is 0 Å². The molecule has 0 fully saturated rings. The molecule has 0 saturated carbocycles. The normalized spacial score (nSPS) is 12.3. The van der Waals surface area contributed by atoms with E-state index in [1.165, 1.54) is 27.8 Å². The maximum Gasteiger partial charge on any atom is 0.252 e. The SMILES string of the molecule is N#Cc1cc(-c2nc(-c3ccccc3)nc(-c3ccccc3)n2)ccc1-n1c2ccccc2c2cc(-c3cc4c5c(c3)N(c3ccccc3)c3ccccc3B5c3ccccc3N4c3ccccc3)ccc21. The summed E-state index contributed by atoms with van der Waals surface area (Å²) in [5.41, 5.74) is 18.7. The monoisotopic (exact) mass is 917 g/mol. The molecule has 0 spiro atoms. The van der Waals surface area contributed by atoms with Gasteiger partial charge in [0, 0.05) is 61.6 Å². The molecule has 72 heavy (non-hydrogen) atoms. The van der Waals surface area contributed by atoms with Gasteiger partial charge in [0.05, 0.1) is 22.3 Å². The highest BCUT2D eigenvalue weighted by Crippen LogP contribution is 2.47. The number of hydrogen-bond acceptors (Lipinski definition) is 6. The minimum absolute atomic E-state index is 0.0273. The van der Waals surface area contributed by atoms with Crippen LogP contribution >= 0.6 is 0 Å². The molecule has 2 aromatic heterocycles. The van der Waals surface area contributed by atoms with Crippen LogP contribution in [0.1, 0.15) is 5.56 Å². The first-order chi connectivity index (χ1) is 35.7. The molecule has 14 rings (SSSR count). The Kier molecular flexibility index (Phi) is 9.54. The van der Waals surface area contributed by atoms with Crippen molar-refractivity contribution in [3.05, 3.63) is 248 Å². The van der Waals surface area contributed by atoms with Gasteiger partial charge in [-0.25, -0.2) is 15.0 Å². The second kappa shape index (κ2) is 16.7. The van der Waals surface area contributed by atoms with Gasteiger partial charge in [-0.3, -0.25) is 0 Å². The maximum atomic E-state index is 11.0. The molecule has 0 bridgehead atoms. The van der Waals surface area contributed by atoms with Crippen molar-refractivity contribution in [2.24, 2.45) is 0 Å². The van der Waals surface area contributed by atoms with Crippen LogP contribution in [-0.2, 0) is 0 Å². The zero-order valence-electron chi connectivity index (χ0n) is 38.8. The van der Waals surface area contributed by atoms with Gasteiger partial charge in [-0.15, -0.1) is 0 Å². The number of fused-ring (bicyclic) bond motifs is 7. The van der Waals surface area contributed by atoms with Crippen LogP contribution in [-0.4, -0.2) is 26.2 Å². The summed E-state index contributed by atoms with van der Waals surface area (Å²) in [7, 11) is 0. The van der Waals surface area contributed by atoms with Crippen molar-refractivity contribution < 1.29 is 0 Å². The lowest BCUT2D eigenvalue weighted by Crippen LogP contribution is -2.61. The van der Waals surface area contributed by atoms with Crippen molar-refractivity contribution in [3.63, 3.8) is 0 Å². The van der Waals surface area contributed by atoms with Gasteiger partial charge in [-0.1, -0.05) is 158 Å². The third kappa shape index (κ3) is 6.56. The van der Waals surface area contributed by atoms with Crippen molar-refractivity contribution in [2.75, 3.05) is 9.80 Å². The van der Waals surface area contributed by atoms with E-state index in [9.17, 15) is 5.26 Å². The highest BCUT2D eigenvalue weighted by atomic mass is 15.2. The van der Waals surface area contributed by atoms with E-state index < -0.39 is 0 Å². The predicted molar refractivity (Wildman–Crippen MR) is 295 cm³/mol. The van der Waals surface area contributed by atoms with Crippen LogP contribution in [0.3, 0.4) is 0 Å². The highest BCUT2D eigenvalue weighted by molar-refractivity contribution is 7.00. The molecular weight excluding hydrogens is 878 g/mol. The fourth-order valence-corrected chi connectivity index (χ4v) is 11.1. The lowest BCUT2D eigenvalue weighted by molar-refractivity contribution is 1.07. The van der Waals surface area contributed by atoms with Gasteiger partial charge >= 0.3 is 0 Å². The quantitative estimate of drug-likeness (QED) is 0.148. The molecule has 4 heterocycles. The second-order valence-corrected chi connectivity index (χ2v) is 18.3. The molecule has 334 valence electrons. The largest absolute Gasteiger partial charge is 0.311 e. The van der Waals surface area contributed by atoms with Gasteiger partial charge in [0.2, 0.25) is 0 Å². The first-order valence-corrected chi connectivity index (χ1v) is 24.2. The molecule has 12 aromatic rings. The van der Waals surface area contributed by atoms with Crippen molar-refractivity contribution in [1.82, 2.24) is 19.5 Å². The van der Waals surface area contributed by atoms with E-state index in [4.69, 9.17) is 15.0 Å². The van der Waals surface area contributed by atoms with Crippen LogP contribution in [0.15, 0.2) is 243 Å². The standard InChI is InChI=1S/C64H40BN7/c66-41-47-37-45(64-68-62(42-19-5-1-6-20-42)67-63(69-64)43-21-7-2-8-22-43)34-35-54(47)72-55-30-16-13-27-50(55)51-38-44(33-36-56(51)72)46-39-59-61-60(40-46)71(49-25-11-4-12-26-49)58-32-18-15-29-53(58)65(61)52-28-14-17-31-57(52)70(59)48-23-9-3-10-24-48/h1-40H. The number of hydrogen-bond donors (Lipinski definition) is 0. The Hall–Kier alpha value is -9.84. The Balaban J connectivity index is 0.951. The maximum absolute atomic E-state index is 11.0. The number of nitriles is 1. The molecule has 0 amide bonds. The summed E-state index contributed by atoms with van der Waals surface area (Å²) < 4.78 is 2.22. The van der Waals surface area contributed by atoms with E-state index >= 15 is 0 Å². The number of anilines is 6.